The van der Waals surface area contributed by atoms with E-state index >= 15 is 0 Å². The van der Waals surface area contributed by atoms with Crippen molar-refractivity contribution in [2.75, 3.05) is 12.0 Å². The Kier molecular flexibility index (Phi) is 2.44. The maximum Gasteiger partial charge on any atom is 0.126 e. The van der Waals surface area contributed by atoms with Crippen LogP contribution in [0.1, 0.15) is 5.56 Å². The van der Waals surface area contributed by atoms with Gasteiger partial charge in [-0.15, -0.1) is 0 Å². The highest BCUT2D eigenvalue weighted by Gasteiger charge is 1.96. The molecule has 0 radical (unpaired) electrons. The van der Waals surface area contributed by atoms with E-state index in [2.05, 4.69) is 5.32 Å². The first-order chi connectivity index (χ1) is 5.24. The fourth-order valence-electron chi connectivity index (χ4n) is 0.873. The van der Waals surface area contributed by atoms with Gasteiger partial charge in [0.2, 0.25) is 0 Å². The molecule has 1 rings (SSSR count). The summed E-state index contributed by atoms with van der Waals surface area (Å²) in [6.45, 7) is 2.09. The second kappa shape index (κ2) is 3.34. The Morgan fingerprint density at radius 2 is 2.27 bits per heavy atom. The van der Waals surface area contributed by atoms with Crippen LogP contribution in [-0.2, 0) is 0 Å². The third-order valence-electron chi connectivity index (χ3n) is 1.46. The van der Waals surface area contributed by atoms with Gasteiger partial charge in [0.25, 0.3) is 0 Å². The van der Waals surface area contributed by atoms with Crippen molar-refractivity contribution in [3.8, 4) is 0 Å². The lowest BCUT2D eigenvalue weighted by atomic mass is 10.2. The van der Waals surface area contributed by atoms with Crippen molar-refractivity contribution in [2.45, 2.75) is 6.92 Å². The summed E-state index contributed by atoms with van der Waals surface area (Å²) in [4.78, 5) is 0. The van der Waals surface area contributed by atoms with Gasteiger partial charge in [0, 0.05) is 5.69 Å². The summed E-state index contributed by atoms with van der Waals surface area (Å²) in [5.41, 5.74) is 6.73. The van der Waals surface area contributed by atoms with Gasteiger partial charge in [-0.3, -0.25) is 0 Å². The molecule has 0 spiro atoms. The topological polar surface area (TPSA) is 38.0 Å². The van der Waals surface area contributed by atoms with E-state index in [1.165, 1.54) is 6.07 Å². The Labute approximate surface area is 65.2 Å². The molecule has 0 aliphatic rings. The number of anilines is 1. The second-order valence-electron chi connectivity index (χ2n) is 2.34. The molecule has 11 heavy (non-hydrogen) atoms. The van der Waals surface area contributed by atoms with Crippen molar-refractivity contribution in [1.29, 1.82) is 0 Å². The highest BCUT2D eigenvalue weighted by molar-refractivity contribution is 5.45. The number of hydrogen-bond acceptors (Lipinski definition) is 2. The summed E-state index contributed by atoms with van der Waals surface area (Å²) < 4.78 is 12.7. The summed E-state index contributed by atoms with van der Waals surface area (Å²) in [7, 11) is 0. The van der Waals surface area contributed by atoms with Crippen LogP contribution in [-0.4, -0.2) is 6.67 Å². The lowest BCUT2D eigenvalue weighted by Gasteiger charge is -2.03. The maximum atomic E-state index is 12.7. The number of rotatable bonds is 2. The summed E-state index contributed by atoms with van der Waals surface area (Å²) in [5, 5.41) is 2.89. The van der Waals surface area contributed by atoms with Gasteiger partial charge in [0.1, 0.15) is 5.82 Å². The minimum atomic E-state index is -0.187. The molecule has 1 aromatic rings. The average molecular weight is 154 g/mol. The van der Waals surface area contributed by atoms with Crippen LogP contribution in [0, 0.1) is 12.7 Å². The molecule has 0 bridgehead atoms. The third kappa shape index (κ3) is 1.91. The van der Waals surface area contributed by atoms with Crippen LogP contribution in [0.25, 0.3) is 0 Å². The van der Waals surface area contributed by atoms with Crippen LogP contribution in [0.2, 0.25) is 0 Å². The Balaban J connectivity index is 2.86. The zero-order valence-electron chi connectivity index (χ0n) is 6.39. The summed E-state index contributed by atoms with van der Waals surface area (Å²) >= 11 is 0. The zero-order valence-corrected chi connectivity index (χ0v) is 6.39. The van der Waals surface area contributed by atoms with Crippen molar-refractivity contribution in [2.24, 2.45) is 5.73 Å². The van der Waals surface area contributed by atoms with Crippen LogP contribution in [0.3, 0.4) is 0 Å². The van der Waals surface area contributed by atoms with Gasteiger partial charge in [-0.2, -0.15) is 0 Å². The van der Waals surface area contributed by atoms with E-state index in [0.29, 0.717) is 12.2 Å². The number of hydrogen-bond donors (Lipinski definition) is 2. The van der Waals surface area contributed by atoms with E-state index in [4.69, 9.17) is 5.73 Å². The van der Waals surface area contributed by atoms with E-state index in [1.807, 2.05) is 0 Å². The Morgan fingerprint density at radius 3 is 2.82 bits per heavy atom. The van der Waals surface area contributed by atoms with Crippen molar-refractivity contribution in [1.82, 2.24) is 0 Å². The molecule has 0 heterocycles. The molecule has 0 aromatic heterocycles. The number of aryl methyl sites for hydroxylation is 1. The molecule has 0 amide bonds. The molecule has 0 aliphatic carbocycles. The van der Waals surface area contributed by atoms with E-state index in [-0.39, 0.29) is 5.82 Å². The number of nitrogens with one attached hydrogen (secondary N) is 1. The molecular formula is C8H11FN2. The predicted molar refractivity (Wildman–Crippen MR) is 43.8 cm³/mol. The molecule has 0 aliphatic heterocycles. The van der Waals surface area contributed by atoms with Crippen LogP contribution >= 0.6 is 0 Å². The van der Waals surface area contributed by atoms with E-state index < -0.39 is 0 Å². The molecule has 0 saturated heterocycles. The SMILES string of the molecule is Cc1cc(NCN)ccc1F. The maximum absolute atomic E-state index is 12.7. The van der Waals surface area contributed by atoms with Gasteiger partial charge in [-0.05, 0) is 30.7 Å². The summed E-state index contributed by atoms with van der Waals surface area (Å²) in [6, 6.07) is 4.81. The van der Waals surface area contributed by atoms with Gasteiger partial charge < -0.3 is 11.1 Å². The molecule has 60 valence electrons. The first-order valence-electron chi connectivity index (χ1n) is 3.44. The number of nitrogens with two attached hydrogens (primary N) is 1. The monoisotopic (exact) mass is 154 g/mol. The van der Waals surface area contributed by atoms with Gasteiger partial charge >= 0.3 is 0 Å². The molecule has 3 heteroatoms. The molecular weight excluding hydrogens is 143 g/mol. The fourth-order valence-corrected chi connectivity index (χ4v) is 0.873. The van der Waals surface area contributed by atoms with Gasteiger partial charge in [0.05, 0.1) is 6.67 Å². The number of benzene rings is 1. The van der Waals surface area contributed by atoms with Crippen LogP contribution < -0.4 is 11.1 Å². The molecule has 0 unspecified atom stereocenters. The third-order valence-corrected chi connectivity index (χ3v) is 1.46. The van der Waals surface area contributed by atoms with E-state index in [9.17, 15) is 4.39 Å². The Hall–Kier alpha value is -1.09. The standard InChI is InChI=1S/C8H11FN2/c1-6-4-7(11-5-10)2-3-8(6)9/h2-4,11H,5,10H2,1H3. The average Bonchev–Trinajstić information content (AvgIpc) is 1.98. The van der Waals surface area contributed by atoms with Crippen LogP contribution in [0.5, 0.6) is 0 Å². The fraction of sp³-hybridized carbons (Fsp3) is 0.250. The second-order valence-corrected chi connectivity index (χ2v) is 2.34. The molecule has 3 N–H and O–H groups in total. The molecule has 1 aromatic carbocycles. The Bertz CT molecular complexity index is 248. The van der Waals surface area contributed by atoms with E-state index in [0.717, 1.165) is 5.69 Å². The molecule has 0 atom stereocenters. The minimum absolute atomic E-state index is 0.187. The van der Waals surface area contributed by atoms with Crippen molar-refractivity contribution in [3.63, 3.8) is 0 Å². The highest BCUT2D eigenvalue weighted by Crippen LogP contribution is 2.12. The van der Waals surface area contributed by atoms with Crippen LogP contribution in [0.15, 0.2) is 18.2 Å². The minimum Gasteiger partial charge on any atom is -0.373 e. The number of halogens is 1. The van der Waals surface area contributed by atoms with Crippen LogP contribution in [0.4, 0.5) is 10.1 Å². The molecule has 2 nitrogen and oxygen atoms in total. The Morgan fingerprint density at radius 1 is 1.55 bits per heavy atom. The lowest BCUT2D eigenvalue weighted by Crippen LogP contribution is -2.10. The predicted octanol–water partition coefficient (Wildman–Crippen LogP) is 1.46. The smallest absolute Gasteiger partial charge is 0.126 e. The van der Waals surface area contributed by atoms with Crippen molar-refractivity contribution < 1.29 is 4.39 Å². The quantitative estimate of drug-likeness (QED) is 0.633. The van der Waals surface area contributed by atoms with Gasteiger partial charge in [0.15, 0.2) is 0 Å². The van der Waals surface area contributed by atoms with Gasteiger partial charge in [-0.25, -0.2) is 4.39 Å². The van der Waals surface area contributed by atoms with Gasteiger partial charge in [-0.1, -0.05) is 0 Å². The van der Waals surface area contributed by atoms with Crippen molar-refractivity contribution in [3.05, 3.63) is 29.6 Å². The normalized spacial score (nSPS) is 9.73. The lowest BCUT2D eigenvalue weighted by molar-refractivity contribution is 0.618. The first-order valence-corrected chi connectivity index (χ1v) is 3.44. The largest absolute Gasteiger partial charge is 0.373 e. The van der Waals surface area contributed by atoms with E-state index in [1.54, 1.807) is 19.1 Å². The highest BCUT2D eigenvalue weighted by atomic mass is 19.1. The zero-order chi connectivity index (χ0) is 8.27. The summed E-state index contributed by atoms with van der Waals surface area (Å²) in [5.74, 6) is -0.187. The first kappa shape index (κ1) is 8.01. The van der Waals surface area contributed by atoms with Crippen molar-refractivity contribution >= 4 is 5.69 Å². The summed E-state index contributed by atoms with van der Waals surface area (Å²) in [6.07, 6.45) is 0. The molecule has 0 fully saturated rings. The molecule has 0 saturated carbocycles.